The van der Waals surface area contributed by atoms with E-state index < -0.39 is 5.60 Å². The van der Waals surface area contributed by atoms with Gasteiger partial charge >= 0.3 is 0 Å². The topological polar surface area (TPSA) is 67.1 Å². The zero-order valence-electron chi connectivity index (χ0n) is 19.0. The Labute approximate surface area is 208 Å². The number of para-hydroxylation sites is 1. The van der Waals surface area contributed by atoms with Crippen LogP contribution in [0.15, 0.2) is 91.1 Å². The number of aliphatic hydroxyl groups is 1. The van der Waals surface area contributed by atoms with E-state index in [0.29, 0.717) is 31.0 Å². The maximum atomic E-state index is 11.3. The molecule has 0 amide bonds. The summed E-state index contributed by atoms with van der Waals surface area (Å²) in [7, 11) is 0. The van der Waals surface area contributed by atoms with Crippen molar-refractivity contribution in [2.24, 2.45) is 0 Å². The zero-order valence-corrected chi connectivity index (χ0v) is 19.8. The van der Waals surface area contributed by atoms with E-state index in [4.69, 9.17) is 16.7 Å². The number of rotatable bonds is 4. The largest absolute Gasteiger partial charge is 0.385 e. The summed E-state index contributed by atoms with van der Waals surface area (Å²) in [6.45, 7) is 1.30. The molecular formula is C28H24ClN5O. The molecule has 0 radical (unpaired) electrons. The van der Waals surface area contributed by atoms with Crippen LogP contribution in [0.5, 0.6) is 0 Å². The molecule has 1 fully saturated rings. The van der Waals surface area contributed by atoms with E-state index in [2.05, 4.69) is 27.2 Å². The van der Waals surface area contributed by atoms with Crippen LogP contribution in [0, 0.1) is 0 Å². The smallest absolute Gasteiger partial charge is 0.179 e. The third-order valence-corrected chi connectivity index (χ3v) is 7.12. The van der Waals surface area contributed by atoms with Gasteiger partial charge in [-0.25, -0.2) is 4.68 Å². The molecule has 2 aromatic heterocycles. The normalized spacial score (nSPS) is 15.4. The van der Waals surface area contributed by atoms with Crippen molar-refractivity contribution in [1.29, 1.82) is 0 Å². The van der Waals surface area contributed by atoms with Crippen molar-refractivity contribution in [2.75, 3.05) is 18.0 Å². The molecule has 1 N–H and O–H groups in total. The van der Waals surface area contributed by atoms with E-state index >= 15 is 0 Å². The van der Waals surface area contributed by atoms with E-state index in [1.165, 1.54) is 0 Å². The Morgan fingerprint density at radius 2 is 1.49 bits per heavy atom. The highest BCUT2D eigenvalue weighted by Gasteiger charge is 2.35. The van der Waals surface area contributed by atoms with Gasteiger partial charge in [0.2, 0.25) is 0 Å². The van der Waals surface area contributed by atoms with Gasteiger partial charge in [-0.05, 0) is 30.5 Å². The maximum Gasteiger partial charge on any atom is 0.179 e. The third-order valence-electron chi connectivity index (χ3n) is 6.80. The fourth-order valence-corrected chi connectivity index (χ4v) is 5.13. The zero-order chi connectivity index (χ0) is 23.8. The van der Waals surface area contributed by atoms with Crippen LogP contribution in [0.1, 0.15) is 18.4 Å². The predicted octanol–water partition coefficient (Wildman–Crippen LogP) is 5.62. The first kappa shape index (κ1) is 21.8. The number of anilines is 1. The first-order chi connectivity index (χ1) is 17.1. The van der Waals surface area contributed by atoms with E-state index in [1.54, 1.807) is 6.20 Å². The Bertz CT molecular complexity index is 1480. The van der Waals surface area contributed by atoms with E-state index in [1.807, 2.05) is 77.5 Å². The van der Waals surface area contributed by atoms with Gasteiger partial charge < -0.3 is 10.0 Å². The number of aromatic nitrogens is 4. The molecular weight excluding hydrogens is 458 g/mol. The standard InChI is InChI=1S/C28H24ClN5O/c29-23-13-7-8-14-24(23)34-26(20-9-3-1-4-10-20)22-19-30-31-27(25(22)32-34)33-17-15-28(35,16-18-33)21-11-5-2-6-12-21/h1-14,19,35H,15-18H2. The van der Waals surface area contributed by atoms with E-state index in [9.17, 15) is 5.11 Å². The number of hydrogen-bond donors (Lipinski definition) is 1. The highest BCUT2D eigenvalue weighted by atomic mass is 35.5. The van der Waals surface area contributed by atoms with Gasteiger partial charge in [0.25, 0.3) is 0 Å². The minimum Gasteiger partial charge on any atom is -0.385 e. The molecule has 0 atom stereocenters. The van der Waals surface area contributed by atoms with Crippen molar-refractivity contribution in [1.82, 2.24) is 20.0 Å². The molecule has 1 saturated heterocycles. The van der Waals surface area contributed by atoms with Gasteiger partial charge in [0, 0.05) is 18.7 Å². The molecule has 1 aliphatic heterocycles. The molecule has 35 heavy (non-hydrogen) atoms. The molecule has 3 aromatic carbocycles. The van der Waals surface area contributed by atoms with Crippen molar-refractivity contribution < 1.29 is 5.11 Å². The lowest BCUT2D eigenvalue weighted by Gasteiger charge is -2.38. The fourth-order valence-electron chi connectivity index (χ4n) is 4.92. The first-order valence-electron chi connectivity index (χ1n) is 11.7. The Kier molecular flexibility index (Phi) is 5.47. The minimum absolute atomic E-state index is 0.603. The molecule has 0 saturated carbocycles. The maximum absolute atomic E-state index is 11.3. The van der Waals surface area contributed by atoms with Crippen molar-refractivity contribution in [3.8, 4) is 16.9 Å². The molecule has 0 aliphatic carbocycles. The average Bonchev–Trinajstić information content (AvgIpc) is 3.30. The van der Waals surface area contributed by atoms with Gasteiger partial charge in [0.15, 0.2) is 5.82 Å². The molecule has 5 aromatic rings. The lowest BCUT2D eigenvalue weighted by molar-refractivity contribution is 0.0117. The van der Waals surface area contributed by atoms with E-state index in [-0.39, 0.29) is 0 Å². The van der Waals surface area contributed by atoms with Crippen LogP contribution in [0.2, 0.25) is 5.02 Å². The lowest BCUT2D eigenvalue weighted by Crippen LogP contribution is -2.43. The molecule has 6 rings (SSSR count). The van der Waals surface area contributed by atoms with Crippen LogP contribution in [0.4, 0.5) is 5.82 Å². The highest BCUT2D eigenvalue weighted by Crippen LogP contribution is 2.38. The minimum atomic E-state index is -0.842. The summed E-state index contributed by atoms with van der Waals surface area (Å²) < 4.78 is 1.89. The number of hydrogen-bond acceptors (Lipinski definition) is 5. The second-order valence-corrected chi connectivity index (χ2v) is 9.30. The summed E-state index contributed by atoms with van der Waals surface area (Å²) in [6.07, 6.45) is 2.98. The van der Waals surface area contributed by atoms with Crippen LogP contribution in [0.25, 0.3) is 27.8 Å². The van der Waals surface area contributed by atoms with Gasteiger partial charge in [0.1, 0.15) is 5.52 Å². The van der Waals surface area contributed by atoms with Gasteiger partial charge in [0.05, 0.1) is 33.6 Å². The van der Waals surface area contributed by atoms with Gasteiger partial charge in [-0.15, -0.1) is 5.10 Å². The van der Waals surface area contributed by atoms with Crippen LogP contribution in [-0.2, 0) is 5.60 Å². The van der Waals surface area contributed by atoms with E-state index in [0.717, 1.165) is 39.2 Å². The molecule has 0 unspecified atom stereocenters. The van der Waals surface area contributed by atoms with Crippen molar-refractivity contribution >= 4 is 28.3 Å². The molecule has 7 heteroatoms. The monoisotopic (exact) mass is 481 g/mol. The number of benzene rings is 3. The second-order valence-electron chi connectivity index (χ2n) is 8.89. The second kappa shape index (κ2) is 8.80. The van der Waals surface area contributed by atoms with Gasteiger partial charge in [-0.2, -0.15) is 10.2 Å². The highest BCUT2D eigenvalue weighted by molar-refractivity contribution is 6.32. The summed E-state index contributed by atoms with van der Waals surface area (Å²) in [6, 6.07) is 27.7. The Morgan fingerprint density at radius 1 is 0.829 bits per heavy atom. The molecule has 174 valence electrons. The number of piperidine rings is 1. The summed E-state index contributed by atoms with van der Waals surface area (Å²) >= 11 is 6.59. The summed E-state index contributed by atoms with van der Waals surface area (Å²) in [5.41, 5.74) is 3.62. The van der Waals surface area contributed by atoms with Crippen molar-refractivity contribution in [3.63, 3.8) is 0 Å². The Morgan fingerprint density at radius 3 is 2.20 bits per heavy atom. The molecule has 0 bridgehead atoms. The molecule has 3 heterocycles. The molecule has 0 spiro atoms. The van der Waals surface area contributed by atoms with Crippen LogP contribution in [0.3, 0.4) is 0 Å². The Hall–Kier alpha value is -3.74. The van der Waals surface area contributed by atoms with Crippen LogP contribution >= 0.6 is 11.6 Å². The number of halogens is 1. The number of fused-ring (bicyclic) bond motifs is 1. The van der Waals surface area contributed by atoms with Crippen LogP contribution < -0.4 is 4.90 Å². The average molecular weight is 482 g/mol. The fraction of sp³-hybridized carbons (Fsp3) is 0.179. The van der Waals surface area contributed by atoms with Crippen molar-refractivity contribution in [2.45, 2.75) is 18.4 Å². The van der Waals surface area contributed by atoms with Crippen LogP contribution in [-0.4, -0.2) is 38.2 Å². The summed E-state index contributed by atoms with van der Waals surface area (Å²) in [4.78, 5) is 2.17. The quantitative estimate of drug-likeness (QED) is 0.360. The third kappa shape index (κ3) is 3.85. The van der Waals surface area contributed by atoms with Gasteiger partial charge in [-0.1, -0.05) is 84.4 Å². The summed E-state index contributed by atoms with van der Waals surface area (Å²) in [5, 5.41) is 26.7. The Balaban J connectivity index is 1.44. The molecule has 1 aliphatic rings. The predicted molar refractivity (Wildman–Crippen MR) is 139 cm³/mol. The lowest BCUT2D eigenvalue weighted by atomic mass is 9.84. The SMILES string of the molecule is OC1(c2ccccc2)CCN(c2nncc3c(-c4ccccc4)n(-c4ccccc4Cl)nc23)CC1. The van der Waals surface area contributed by atoms with Gasteiger partial charge in [-0.3, -0.25) is 0 Å². The number of nitrogens with zero attached hydrogens (tertiary/aromatic N) is 5. The first-order valence-corrected chi connectivity index (χ1v) is 12.1. The summed E-state index contributed by atoms with van der Waals surface area (Å²) in [5.74, 6) is 0.723. The van der Waals surface area contributed by atoms with Crippen molar-refractivity contribution in [3.05, 3.63) is 102 Å². The molecule has 6 nitrogen and oxygen atoms in total.